The first-order valence-corrected chi connectivity index (χ1v) is 8.53. The quantitative estimate of drug-likeness (QED) is 0.892. The third-order valence-corrected chi connectivity index (χ3v) is 4.63. The summed E-state index contributed by atoms with van der Waals surface area (Å²) in [5, 5.41) is 6.39. The Morgan fingerprint density at radius 2 is 1.88 bits per heavy atom. The highest BCUT2D eigenvalue weighted by Gasteiger charge is 2.17. The van der Waals surface area contributed by atoms with Crippen LogP contribution in [-0.4, -0.2) is 21.9 Å². The number of aryl methyl sites for hydroxylation is 2. The highest BCUT2D eigenvalue weighted by molar-refractivity contribution is 6.03. The van der Waals surface area contributed by atoms with Gasteiger partial charge in [0.25, 0.3) is 5.91 Å². The van der Waals surface area contributed by atoms with Gasteiger partial charge in [0.15, 0.2) is 0 Å². The van der Waals surface area contributed by atoms with Gasteiger partial charge in [-0.15, -0.1) is 0 Å². The molecule has 5 heteroatoms. The molecule has 1 amide bonds. The fourth-order valence-corrected chi connectivity index (χ4v) is 3.11. The molecule has 0 spiro atoms. The Kier molecular flexibility index (Phi) is 4.79. The van der Waals surface area contributed by atoms with Crippen LogP contribution in [0.3, 0.4) is 0 Å². The zero-order valence-corrected chi connectivity index (χ0v) is 14.5. The Morgan fingerprint density at radius 3 is 2.62 bits per heavy atom. The average Bonchev–Trinajstić information content (AvgIpc) is 3.04. The maximum absolute atomic E-state index is 12.6. The number of carbonyl (C=O) groups excluding carboxylic acids is 1. The van der Waals surface area contributed by atoms with E-state index in [2.05, 4.69) is 20.6 Å². The summed E-state index contributed by atoms with van der Waals surface area (Å²) in [6.45, 7) is 5.85. The van der Waals surface area contributed by atoms with Crippen LogP contribution in [0.25, 0.3) is 0 Å². The van der Waals surface area contributed by atoms with Crippen molar-refractivity contribution in [2.24, 2.45) is 0 Å². The minimum absolute atomic E-state index is 0.205. The molecule has 1 aliphatic rings. The Hall–Kier alpha value is -2.43. The number of hydrogen-bond acceptors (Lipinski definition) is 4. The van der Waals surface area contributed by atoms with Crippen molar-refractivity contribution >= 4 is 17.4 Å². The van der Waals surface area contributed by atoms with E-state index in [-0.39, 0.29) is 5.91 Å². The van der Waals surface area contributed by atoms with Gasteiger partial charge in [-0.2, -0.15) is 0 Å². The molecule has 0 saturated heterocycles. The minimum atomic E-state index is -0.205. The van der Waals surface area contributed by atoms with Gasteiger partial charge in [-0.05, 0) is 50.8 Å². The average molecular weight is 324 g/mol. The number of rotatable bonds is 4. The van der Waals surface area contributed by atoms with Gasteiger partial charge in [-0.25, -0.2) is 9.97 Å². The molecule has 0 unspecified atom stereocenters. The topological polar surface area (TPSA) is 66.9 Å². The Labute approximate surface area is 142 Å². The normalized spacial score (nSPS) is 14.6. The summed E-state index contributed by atoms with van der Waals surface area (Å²) in [6.07, 6.45) is 4.82. The van der Waals surface area contributed by atoms with Gasteiger partial charge >= 0.3 is 0 Å². The molecule has 126 valence electrons. The smallest absolute Gasteiger partial charge is 0.274 e. The molecule has 5 nitrogen and oxygen atoms in total. The maximum atomic E-state index is 12.6. The summed E-state index contributed by atoms with van der Waals surface area (Å²) in [5.41, 5.74) is 3.43. The third-order valence-electron chi connectivity index (χ3n) is 4.63. The second kappa shape index (κ2) is 6.99. The highest BCUT2D eigenvalue weighted by atomic mass is 16.1. The number of amides is 1. The van der Waals surface area contributed by atoms with E-state index in [1.807, 2.05) is 39.0 Å². The summed E-state index contributed by atoms with van der Waals surface area (Å²) < 4.78 is 0. The van der Waals surface area contributed by atoms with Gasteiger partial charge in [-0.3, -0.25) is 4.79 Å². The van der Waals surface area contributed by atoms with Gasteiger partial charge in [0, 0.05) is 17.8 Å². The van der Waals surface area contributed by atoms with Crippen molar-refractivity contribution in [1.29, 1.82) is 0 Å². The largest absolute Gasteiger partial charge is 0.367 e. The van der Waals surface area contributed by atoms with Crippen LogP contribution in [0, 0.1) is 20.8 Å². The van der Waals surface area contributed by atoms with Crippen molar-refractivity contribution in [1.82, 2.24) is 9.97 Å². The van der Waals surface area contributed by atoms with Crippen LogP contribution in [0.2, 0.25) is 0 Å². The predicted octanol–water partition coefficient (Wildman–Crippen LogP) is 4.01. The lowest BCUT2D eigenvalue weighted by Gasteiger charge is -2.14. The number of nitrogens with zero attached hydrogens (tertiary/aromatic N) is 2. The molecule has 1 fully saturated rings. The summed E-state index contributed by atoms with van der Waals surface area (Å²) in [4.78, 5) is 21.3. The van der Waals surface area contributed by atoms with Crippen LogP contribution >= 0.6 is 0 Å². The van der Waals surface area contributed by atoms with E-state index < -0.39 is 0 Å². The van der Waals surface area contributed by atoms with Crippen LogP contribution < -0.4 is 10.6 Å². The minimum Gasteiger partial charge on any atom is -0.367 e. The first kappa shape index (κ1) is 16.4. The lowest BCUT2D eigenvalue weighted by Crippen LogP contribution is -2.19. The molecule has 24 heavy (non-hydrogen) atoms. The zero-order chi connectivity index (χ0) is 17.1. The first-order chi connectivity index (χ1) is 11.5. The third kappa shape index (κ3) is 3.72. The molecule has 2 N–H and O–H groups in total. The van der Waals surface area contributed by atoms with Crippen molar-refractivity contribution in [3.05, 3.63) is 46.9 Å². The summed E-state index contributed by atoms with van der Waals surface area (Å²) >= 11 is 0. The molecule has 1 heterocycles. The number of nitrogens with one attached hydrogen (secondary N) is 2. The van der Waals surface area contributed by atoms with Crippen molar-refractivity contribution in [2.75, 3.05) is 10.6 Å². The summed E-state index contributed by atoms with van der Waals surface area (Å²) in [6, 6.07) is 8.08. The van der Waals surface area contributed by atoms with Gasteiger partial charge in [0.2, 0.25) is 0 Å². The van der Waals surface area contributed by atoms with Crippen molar-refractivity contribution < 1.29 is 4.79 Å². The second-order valence-electron chi connectivity index (χ2n) is 6.51. The second-order valence-corrected chi connectivity index (χ2v) is 6.51. The molecule has 3 rings (SSSR count). The van der Waals surface area contributed by atoms with Crippen molar-refractivity contribution in [2.45, 2.75) is 52.5 Å². The van der Waals surface area contributed by atoms with Gasteiger partial charge < -0.3 is 10.6 Å². The predicted molar refractivity (Wildman–Crippen MR) is 96.5 cm³/mol. The zero-order valence-electron chi connectivity index (χ0n) is 14.5. The van der Waals surface area contributed by atoms with Crippen molar-refractivity contribution in [3.63, 3.8) is 0 Å². The van der Waals surface area contributed by atoms with E-state index in [0.29, 0.717) is 17.6 Å². The number of anilines is 2. The fraction of sp³-hybridized carbons (Fsp3) is 0.421. The summed E-state index contributed by atoms with van der Waals surface area (Å²) in [5.74, 6) is 1.13. The molecule has 2 aromatic rings. The van der Waals surface area contributed by atoms with E-state index in [1.165, 1.54) is 12.8 Å². The standard InChI is InChI=1S/C19H24N4O/c1-12-7-6-10-16(13(12)2)23-19(24)17-11-18(21-14(3)20-17)22-15-8-4-5-9-15/h6-7,10-11,15H,4-5,8-9H2,1-3H3,(H,23,24)(H,20,21,22). The molecule has 0 atom stereocenters. The van der Waals surface area contributed by atoms with Gasteiger partial charge in [0.1, 0.15) is 17.3 Å². The highest BCUT2D eigenvalue weighted by Crippen LogP contribution is 2.22. The van der Waals surface area contributed by atoms with Crippen molar-refractivity contribution in [3.8, 4) is 0 Å². The molecule has 0 radical (unpaired) electrons. The molecule has 1 aromatic heterocycles. The summed E-state index contributed by atoms with van der Waals surface area (Å²) in [7, 11) is 0. The molecule has 0 aliphatic heterocycles. The molecule has 0 bridgehead atoms. The van der Waals surface area contributed by atoms with E-state index in [9.17, 15) is 4.79 Å². The molecule has 1 aromatic carbocycles. The van der Waals surface area contributed by atoms with Gasteiger partial charge in [-0.1, -0.05) is 25.0 Å². The monoisotopic (exact) mass is 324 g/mol. The van der Waals surface area contributed by atoms with Crippen LogP contribution in [0.1, 0.15) is 53.1 Å². The Bertz CT molecular complexity index is 751. The molecular formula is C19H24N4O. The molecule has 1 saturated carbocycles. The van der Waals surface area contributed by atoms with Crippen LogP contribution in [0.4, 0.5) is 11.5 Å². The van der Waals surface area contributed by atoms with E-state index >= 15 is 0 Å². The van der Waals surface area contributed by atoms with Crippen LogP contribution in [0.5, 0.6) is 0 Å². The first-order valence-electron chi connectivity index (χ1n) is 8.53. The van der Waals surface area contributed by atoms with Crippen LogP contribution in [-0.2, 0) is 0 Å². The fourth-order valence-electron chi connectivity index (χ4n) is 3.11. The van der Waals surface area contributed by atoms with E-state index in [0.717, 1.165) is 35.5 Å². The number of hydrogen-bond donors (Lipinski definition) is 2. The lowest BCUT2D eigenvalue weighted by molar-refractivity contribution is 0.102. The SMILES string of the molecule is Cc1nc(NC2CCCC2)cc(C(=O)Nc2cccc(C)c2C)n1. The van der Waals surface area contributed by atoms with E-state index in [4.69, 9.17) is 0 Å². The number of benzene rings is 1. The Morgan fingerprint density at radius 1 is 1.12 bits per heavy atom. The number of carbonyl (C=O) groups is 1. The molecular weight excluding hydrogens is 300 g/mol. The molecule has 1 aliphatic carbocycles. The van der Waals surface area contributed by atoms with Gasteiger partial charge in [0.05, 0.1) is 0 Å². The van der Waals surface area contributed by atoms with E-state index in [1.54, 1.807) is 6.07 Å². The maximum Gasteiger partial charge on any atom is 0.274 e. The number of aromatic nitrogens is 2. The lowest BCUT2D eigenvalue weighted by atomic mass is 10.1. The van der Waals surface area contributed by atoms with Crippen LogP contribution in [0.15, 0.2) is 24.3 Å². The Balaban J connectivity index is 1.78.